The lowest BCUT2D eigenvalue weighted by molar-refractivity contribution is 0.218. The van der Waals surface area contributed by atoms with E-state index in [-0.39, 0.29) is 17.8 Å². The first-order valence-corrected chi connectivity index (χ1v) is 12.2. The van der Waals surface area contributed by atoms with Crippen LogP contribution in [0.1, 0.15) is 30.9 Å². The Labute approximate surface area is 208 Å². The van der Waals surface area contributed by atoms with Gasteiger partial charge >= 0.3 is 0 Å². The minimum Gasteiger partial charge on any atom is -0.497 e. The maximum absolute atomic E-state index is 14.0. The molecule has 0 bridgehead atoms. The van der Waals surface area contributed by atoms with E-state index < -0.39 is 0 Å². The summed E-state index contributed by atoms with van der Waals surface area (Å²) in [4.78, 5) is 21.0. The molecular weight excluding hydrogens is 455 g/mol. The number of fused-ring (bicyclic) bond motifs is 2. The second kappa shape index (κ2) is 9.53. The van der Waals surface area contributed by atoms with Crippen molar-refractivity contribution in [2.45, 2.75) is 38.8 Å². The molecule has 2 N–H and O–H groups in total. The third kappa shape index (κ3) is 4.46. The van der Waals surface area contributed by atoms with Crippen molar-refractivity contribution in [1.29, 1.82) is 0 Å². The van der Waals surface area contributed by atoms with Gasteiger partial charge in [0, 0.05) is 11.6 Å². The van der Waals surface area contributed by atoms with Gasteiger partial charge in [-0.2, -0.15) is 0 Å². The highest BCUT2D eigenvalue weighted by Gasteiger charge is 2.38. The fourth-order valence-electron chi connectivity index (χ4n) is 5.19. The van der Waals surface area contributed by atoms with Gasteiger partial charge in [0.2, 0.25) is 0 Å². The van der Waals surface area contributed by atoms with Crippen molar-refractivity contribution in [3.8, 4) is 0 Å². The molecule has 182 valence electrons. The van der Waals surface area contributed by atoms with Crippen LogP contribution in [0.5, 0.6) is 0 Å². The summed E-state index contributed by atoms with van der Waals surface area (Å²) in [6, 6.07) is 15.0. The van der Waals surface area contributed by atoms with Crippen LogP contribution in [0, 0.1) is 17.7 Å². The molecule has 0 saturated heterocycles. The largest absolute Gasteiger partial charge is 0.497 e. The molecule has 1 saturated carbocycles. The van der Waals surface area contributed by atoms with Crippen molar-refractivity contribution in [2.75, 3.05) is 5.32 Å². The average Bonchev–Trinajstić information content (AvgIpc) is 3.35. The number of nitrogens with zero attached hydrogens (tertiary/aromatic N) is 4. The number of aromatic amines is 1. The number of aromatic nitrogens is 4. The second-order valence-corrected chi connectivity index (χ2v) is 9.55. The molecule has 2 atom stereocenters. The van der Waals surface area contributed by atoms with Gasteiger partial charge in [0.25, 0.3) is 0 Å². The number of imidazole rings is 1. The fourth-order valence-corrected chi connectivity index (χ4v) is 5.19. The summed E-state index contributed by atoms with van der Waals surface area (Å²) in [5.74, 6) is 1.10. The van der Waals surface area contributed by atoms with Crippen molar-refractivity contribution in [2.24, 2.45) is 16.8 Å². The van der Waals surface area contributed by atoms with Crippen LogP contribution in [0.3, 0.4) is 0 Å². The molecule has 2 aromatic carbocycles. The molecular formula is C28H27FN6O. The van der Waals surface area contributed by atoms with E-state index in [1.165, 1.54) is 18.0 Å². The fraction of sp³-hybridized carbons (Fsp3) is 0.286. The summed E-state index contributed by atoms with van der Waals surface area (Å²) < 4.78 is 19.9. The van der Waals surface area contributed by atoms with Gasteiger partial charge < -0.3 is 15.0 Å². The number of allylic oxidation sites excluding steroid dienone is 1. The maximum atomic E-state index is 14.0. The van der Waals surface area contributed by atoms with Gasteiger partial charge in [0.1, 0.15) is 24.3 Å². The Morgan fingerprint density at radius 3 is 2.83 bits per heavy atom. The van der Waals surface area contributed by atoms with Crippen LogP contribution in [0.25, 0.3) is 11.2 Å². The summed E-state index contributed by atoms with van der Waals surface area (Å²) in [6.07, 6.45) is 7.71. The summed E-state index contributed by atoms with van der Waals surface area (Å²) in [7, 11) is 0. The van der Waals surface area contributed by atoms with Crippen molar-refractivity contribution >= 4 is 28.4 Å². The number of aliphatic imine (C=N–C) groups is 1. The van der Waals surface area contributed by atoms with E-state index in [4.69, 9.17) is 9.73 Å². The number of H-pyrrole nitrogens is 1. The smallest absolute Gasteiger partial charge is 0.182 e. The first-order chi connectivity index (χ1) is 17.6. The van der Waals surface area contributed by atoms with Gasteiger partial charge in [0.15, 0.2) is 11.5 Å². The van der Waals surface area contributed by atoms with Crippen LogP contribution in [0.2, 0.25) is 0 Å². The normalized spacial score (nSPS) is 19.7. The zero-order valence-corrected chi connectivity index (χ0v) is 20.0. The SMILES string of the molecule is C[C@H](Nc1ncnc2nc[nH]c12)C1=Nc2ccc(F)cc2CC1C1CC(=COCc2ccccc2)C1. The lowest BCUT2D eigenvalue weighted by Gasteiger charge is -2.40. The first-order valence-electron chi connectivity index (χ1n) is 12.2. The Morgan fingerprint density at radius 2 is 1.97 bits per heavy atom. The molecule has 0 spiro atoms. The van der Waals surface area contributed by atoms with E-state index in [2.05, 4.69) is 44.3 Å². The Hall–Kier alpha value is -4.07. The lowest BCUT2D eigenvalue weighted by atomic mass is 9.67. The molecule has 2 aromatic heterocycles. The van der Waals surface area contributed by atoms with Crippen LogP contribution in [0.15, 0.2) is 78.0 Å². The number of ether oxygens (including phenoxy) is 1. The first kappa shape index (κ1) is 22.4. The number of hydrogen-bond donors (Lipinski definition) is 2. The molecule has 36 heavy (non-hydrogen) atoms. The van der Waals surface area contributed by atoms with E-state index in [1.807, 2.05) is 24.5 Å². The van der Waals surface area contributed by atoms with Gasteiger partial charge in [-0.3, -0.25) is 4.99 Å². The quantitative estimate of drug-likeness (QED) is 0.328. The third-order valence-corrected chi connectivity index (χ3v) is 7.09. The number of hydrogen-bond acceptors (Lipinski definition) is 6. The van der Waals surface area contributed by atoms with Crippen molar-refractivity contribution in [3.05, 3.63) is 90.0 Å². The molecule has 1 aliphatic carbocycles. The highest BCUT2D eigenvalue weighted by atomic mass is 19.1. The highest BCUT2D eigenvalue weighted by molar-refractivity contribution is 5.98. The maximum Gasteiger partial charge on any atom is 0.182 e. The van der Waals surface area contributed by atoms with Crippen LogP contribution in [0.4, 0.5) is 15.9 Å². The summed E-state index contributed by atoms with van der Waals surface area (Å²) in [6.45, 7) is 2.67. The van der Waals surface area contributed by atoms with Crippen LogP contribution in [-0.4, -0.2) is 31.7 Å². The van der Waals surface area contributed by atoms with Crippen LogP contribution >= 0.6 is 0 Å². The Kier molecular flexibility index (Phi) is 5.93. The topological polar surface area (TPSA) is 88.1 Å². The van der Waals surface area contributed by atoms with Crippen molar-refractivity contribution < 1.29 is 9.13 Å². The Morgan fingerprint density at radius 1 is 1.11 bits per heavy atom. The molecule has 0 radical (unpaired) electrons. The minimum absolute atomic E-state index is 0.0723. The molecule has 3 heterocycles. The van der Waals surface area contributed by atoms with Crippen LogP contribution < -0.4 is 5.32 Å². The van der Waals surface area contributed by atoms with E-state index in [1.54, 1.807) is 18.5 Å². The van der Waals surface area contributed by atoms with Gasteiger partial charge in [0.05, 0.1) is 24.3 Å². The summed E-state index contributed by atoms with van der Waals surface area (Å²) in [5.41, 5.74) is 6.71. The lowest BCUT2D eigenvalue weighted by Crippen LogP contribution is -2.41. The highest BCUT2D eigenvalue weighted by Crippen LogP contribution is 2.44. The Bertz CT molecular complexity index is 1440. The molecule has 7 nitrogen and oxygen atoms in total. The monoisotopic (exact) mass is 482 g/mol. The predicted molar refractivity (Wildman–Crippen MR) is 137 cm³/mol. The van der Waals surface area contributed by atoms with Gasteiger partial charge in [-0.05, 0) is 67.0 Å². The number of anilines is 1. The number of halogens is 1. The Balaban J connectivity index is 1.20. The standard InChI is InChI=1S/C28H27FN6O/c1-17(34-28-26-27(31-15-30-26)32-16-33-28)25-23(12-21-11-22(29)7-8-24(21)35-25)20-9-19(10-20)14-36-13-18-5-3-2-4-6-18/h2-8,11,14-17,20,23H,9-10,12-13H2,1H3,(H2,30,31,32,33,34)/t17-,20?,23?/m0/s1. The molecule has 4 aromatic rings. The summed E-state index contributed by atoms with van der Waals surface area (Å²) in [5, 5.41) is 3.51. The molecule has 1 aliphatic heterocycles. The van der Waals surface area contributed by atoms with Gasteiger partial charge in [-0.15, -0.1) is 0 Å². The predicted octanol–water partition coefficient (Wildman–Crippen LogP) is 5.75. The number of rotatable bonds is 7. The number of nitrogens with one attached hydrogen (secondary N) is 2. The van der Waals surface area contributed by atoms with Crippen molar-refractivity contribution in [1.82, 2.24) is 19.9 Å². The molecule has 1 fully saturated rings. The minimum atomic E-state index is -0.219. The van der Waals surface area contributed by atoms with Crippen LogP contribution in [-0.2, 0) is 17.8 Å². The van der Waals surface area contributed by atoms with E-state index in [0.29, 0.717) is 24.0 Å². The van der Waals surface area contributed by atoms with E-state index in [9.17, 15) is 4.39 Å². The summed E-state index contributed by atoms with van der Waals surface area (Å²) >= 11 is 0. The average molecular weight is 483 g/mol. The zero-order valence-electron chi connectivity index (χ0n) is 20.0. The third-order valence-electron chi connectivity index (χ3n) is 7.09. The molecule has 1 unspecified atom stereocenters. The van der Waals surface area contributed by atoms with E-state index in [0.717, 1.165) is 47.3 Å². The number of benzene rings is 2. The molecule has 2 aliphatic rings. The van der Waals surface area contributed by atoms with Gasteiger partial charge in [-0.25, -0.2) is 19.3 Å². The molecule has 8 heteroatoms. The van der Waals surface area contributed by atoms with Crippen molar-refractivity contribution in [3.63, 3.8) is 0 Å². The van der Waals surface area contributed by atoms with E-state index >= 15 is 0 Å². The molecule has 6 rings (SSSR count). The molecule has 0 amide bonds. The zero-order chi connectivity index (χ0) is 24.5. The van der Waals surface area contributed by atoms with Gasteiger partial charge in [-0.1, -0.05) is 30.3 Å². The second-order valence-electron chi connectivity index (χ2n) is 9.55.